The van der Waals surface area contributed by atoms with Crippen LogP contribution in [-0.2, 0) is 14.3 Å². The van der Waals surface area contributed by atoms with E-state index in [1.165, 1.54) is 0 Å². The molecule has 1 aromatic carbocycles. The van der Waals surface area contributed by atoms with Crippen LogP contribution in [0.25, 0.3) is 11.4 Å². The van der Waals surface area contributed by atoms with Crippen LogP contribution in [0.1, 0.15) is 26.8 Å². The molecular formula is C17H22N4O3. The van der Waals surface area contributed by atoms with E-state index >= 15 is 0 Å². The first-order chi connectivity index (χ1) is 11.6. The highest BCUT2D eigenvalue weighted by Gasteiger charge is 2.30. The third kappa shape index (κ3) is 3.32. The summed E-state index contributed by atoms with van der Waals surface area (Å²) in [4.78, 5) is 12.6. The van der Waals surface area contributed by atoms with Gasteiger partial charge in [0, 0.05) is 11.6 Å². The van der Waals surface area contributed by atoms with Gasteiger partial charge in [0.1, 0.15) is 6.33 Å². The molecule has 0 aliphatic carbocycles. The van der Waals surface area contributed by atoms with Crippen LogP contribution in [-0.4, -0.2) is 46.1 Å². The zero-order chi connectivity index (χ0) is 17.1. The Morgan fingerprint density at radius 1 is 1.29 bits per heavy atom. The van der Waals surface area contributed by atoms with Crippen molar-refractivity contribution >= 4 is 11.6 Å². The Morgan fingerprint density at radius 3 is 2.79 bits per heavy atom. The van der Waals surface area contributed by atoms with Gasteiger partial charge in [-0.2, -0.15) is 0 Å². The maximum Gasteiger partial charge on any atom is 0.256 e. The normalized spacial score (nSPS) is 21.0. The van der Waals surface area contributed by atoms with E-state index in [0.717, 1.165) is 11.4 Å². The number of anilines is 1. The van der Waals surface area contributed by atoms with Crippen LogP contribution in [0.15, 0.2) is 30.6 Å². The third-order valence-electron chi connectivity index (χ3n) is 4.00. The molecule has 1 aliphatic rings. The molecule has 2 heterocycles. The van der Waals surface area contributed by atoms with Gasteiger partial charge in [-0.3, -0.25) is 4.79 Å². The van der Waals surface area contributed by atoms with Gasteiger partial charge in [0.2, 0.25) is 0 Å². The molecule has 3 rings (SSSR count). The predicted molar refractivity (Wildman–Crippen MR) is 89.6 cm³/mol. The number of nitrogens with one attached hydrogen (secondary N) is 1. The molecule has 1 aromatic heterocycles. The smallest absolute Gasteiger partial charge is 0.256 e. The van der Waals surface area contributed by atoms with Gasteiger partial charge in [0.05, 0.1) is 25.0 Å². The summed E-state index contributed by atoms with van der Waals surface area (Å²) in [5, 5.41) is 11.1. The molecule has 2 atom stereocenters. The number of para-hydroxylation sites is 1. The average molecular weight is 330 g/mol. The lowest BCUT2D eigenvalue weighted by Gasteiger charge is -2.28. The molecule has 128 valence electrons. The van der Waals surface area contributed by atoms with Crippen molar-refractivity contribution < 1.29 is 14.3 Å². The van der Waals surface area contributed by atoms with Gasteiger partial charge in [-0.1, -0.05) is 12.1 Å². The van der Waals surface area contributed by atoms with Crippen molar-refractivity contribution in [3.8, 4) is 11.4 Å². The second-order valence-electron chi connectivity index (χ2n) is 6.06. The molecule has 0 saturated carbocycles. The minimum Gasteiger partial charge on any atom is -0.373 e. The number of amides is 1. The fourth-order valence-corrected chi connectivity index (χ4v) is 2.73. The molecule has 1 aliphatic heterocycles. The van der Waals surface area contributed by atoms with Crippen molar-refractivity contribution in [2.45, 2.75) is 39.0 Å². The molecule has 7 heteroatoms. The molecule has 0 spiro atoms. The minimum atomic E-state index is -0.616. The summed E-state index contributed by atoms with van der Waals surface area (Å²) in [5.74, 6) is 0.500. The molecule has 0 unspecified atom stereocenters. The summed E-state index contributed by atoms with van der Waals surface area (Å²) in [7, 11) is 0. The van der Waals surface area contributed by atoms with Crippen molar-refractivity contribution in [2.75, 3.05) is 18.5 Å². The van der Waals surface area contributed by atoms with Crippen molar-refractivity contribution in [1.82, 2.24) is 14.8 Å². The Bertz CT molecular complexity index is 713. The molecule has 1 N–H and O–H groups in total. The number of carbonyl (C=O) groups excluding carboxylic acids is 1. The van der Waals surface area contributed by atoms with Crippen molar-refractivity contribution in [1.29, 1.82) is 0 Å². The third-order valence-corrected chi connectivity index (χ3v) is 4.00. The number of aromatic nitrogens is 3. The topological polar surface area (TPSA) is 78.3 Å². The van der Waals surface area contributed by atoms with Crippen LogP contribution in [0, 0.1) is 0 Å². The summed E-state index contributed by atoms with van der Waals surface area (Å²) in [6.07, 6.45) is 0.804. The largest absolute Gasteiger partial charge is 0.373 e. The van der Waals surface area contributed by atoms with Crippen molar-refractivity contribution in [3.63, 3.8) is 0 Å². The number of hydrogen-bond donors (Lipinski definition) is 1. The van der Waals surface area contributed by atoms with Crippen molar-refractivity contribution in [3.05, 3.63) is 30.6 Å². The minimum absolute atomic E-state index is 0.217. The molecule has 1 amide bonds. The Labute approximate surface area is 141 Å². The number of rotatable bonds is 4. The van der Waals surface area contributed by atoms with E-state index in [1.807, 2.05) is 35.8 Å². The van der Waals surface area contributed by atoms with Crippen LogP contribution in [0.4, 0.5) is 5.69 Å². The van der Waals surface area contributed by atoms with Crippen LogP contribution >= 0.6 is 0 Å². The SMILES string of the molecule is CC(C)n1cnnc1-c1ccccc1NC(=O)[C@@H]1OCCO[C@@H]1C. The van der Waals surface area contributed by atoms with E-state index in [-0.39, 0.29) is 18.1 Å². The van der Waals surface area contributed by atoms with Crippen LogP contribution in [0.2, 0.25) is 0 Å². The second kappa shape index (κ2) is 7.11. The first-order valence-electron chi connectivity index (χ1n) is 8.11. The van der Waals surface area contributed by atoms with Crippen molar-refractivity contribution in [2.24, 2.45) is 0 Å². The van der Waals surface area contributed by atoms with Gasteiger partial charge >= 0.3 is 0 Å². The Hall–Kier alpha value is -2.25. The summed E-state index contributed by atoms with van der Waals surface area (Å²) >= 11 is 0. The molecule has 0 bridgehead atoms. The standard InChI is InChI=1S/C17H22N4O3/c1-11(2)21-10-18-20-16(21)13-6-4-5-7-14(13)19-17(22)15-12(3)23-8-9-24-15/h4-7,10-12,15H,8-9H2,1-3H3,(H,19,22)/t12-,15-/m1/s1. The lowest BCUT2D eigenvalue weighted by Crippen LogP contribution is -2.44. The monoisotopic (exact) mass is 330 g/mol. The van der Waals surface area contributed by atoms with Crippen LogP contribution < -0.4 is 5.32 Å². The number of ether oxygens (including phenoxy) is 2. The first-order valence-corrected chi connectivity index (χ1v) is 8.11. The average Bonchev–Trinajstić information content (AvgIpc) is 3.05. The Balaban J connectivity index is 1.87. The van der Waals surface area contributed by atoms with E-state index in [0.29, 0.717) is 18.9 Å². The highest BCUT2D eigenvalue weighted by atomic mass is 16.6. The Morgan fingerprint density at radius 2 is 2.04 bits per heavy atom. The van der Waals surface area contributed by atoms with Crippen LogP contribution in [0.5, 0.6) is 0 Å². The molecule has 24 heavy (non-hydrogen) atoms. The highest BCUT2D eigenvalue weighted by molar-refractivity contribution is 5.97. The number of benzene rings is 1. The van der Waals surface area contributed by atoms with Gasteiger partial charge < -0.3 is 19.4 Å². The summed E-state index contributed by atoms with van der Waals surface area (Å²) in [5.41, 5.74) is 1.50. The quantitative estimate of drug-likeness (QED) is 0.930. The fourth-order valence-electron chi connectivity index (χ4n) is 2.73. The zero-order valence-corrected chi connectivity index (χ0v) is 14.1. The molecule has 0 radical (unpaired) electrons. The van der Waals surface area contributed by atoms with E-state index in [4.69, 9.17) is 9.47 Å². The zero-order valence-electron chi connectivity index (χ0n) is 14.1. The summed E-state index contributed by atoms with van der Waals surface area (Å²) < 4.78 is 13.0. The van der Waals surface area contributed by atoms with Gasteiger partial charge in [0.25, 0.3) is 5.91 Å². The lowest BCUT2D eigenvalue weighted by atomic mass is 10.1. The maximum atomic E-state index is 12.6. The van der Waals surface area contributed by atoms with Gasteiger partial charge in [-0.25, -0.2) is 0 Å². The van der Waals surface area contributed by atoms with E-state index in [1.54, 1.807) is 6.33 Å². The second-order valence-corrected chi connectivity index (χ2v) is 6.06. The molecule has 1 saturated heterocycles. The molecular weight excluding hydrogens is 308 g/mol. The van der Waals surface area contributed by atoms with Gasteiger partial charge in [-0.15, -0.1) is 10.2 Å². The number of hydrogen-bond acceptors (Lipinski definition) is 5. The number of carbonyl (C=O) groups is 1. The molecule has 7 nitrogen and oxygen atoms in total. The van der Waals surface area contributed by atoms with E-state index in [9.17, 15) is 4.79 Å². The first kappa shape index (κ1) is 16.6. The highest BCUT2D eigenvalue weighted by Crippen LogP contribution is 2.28. The molecule has 1 fully saturated rings. The van der Waals surface area contributed by atoms with E-state index < -0.39 is 6.10 Å². The number of nitrogens with zero attached hydrogens (tertiary/aromatic N) is 3. The lowest BCUT2D eigenvalue weighted by molar-refractivity contribution is -0.157. The van der Waals surface area contributed by atoms with E-state index in [2.05, 4.69) is 29.4 Å². The maximum absolute atomic E-state index is 12.6. The fraction of sp³-hybridized carbons (Fsp3) is 0.471. The van der Waals surface area contributed by atoms with Crippen LogP contribution in [0.3, 0.4) is 0 Å². The molecule has 2 aromatic rings. The summed E-state index contributed by atoms with van der Waals surface area (Å²) in [6, 6.07) is 7.76. The Kier molecular flexibility index (Phi) is 4.92. The predicted octanol–water partition coefficient (Wildman–Crippen LogP) is 2.27. The van der Waals surface area contributed by atoms with Gasteiger partial charge in [0.15, 0.2) is 11.9 Å². The summed E-state index contributed by atoms with van der Waals surface area (Å²) in [6.45, 7) is 6.89. The van der Waals surface area contributed by atoms with Gasteiger partial charge in [-0.05, 0) is 32.9 Å².